The van der Waals surface area contributed by atoms with Crippen molar-refractivity contribution < 1.29 is 14.3 Å². The molecule has 0 N–H and O–H groups in total. The molecule has 0 unspecified atom stereocenters. The zero-order valence-electron chi connectivity index (χ0n) is 9.91. The minimum absolute atomic E-state index is 0.0187. The van der Waals surface area contributed by atoms with E-state index in [1.165, 1.54) is 19.3 Å². The molecule has 4 rings (SSSR count). The Morgan fingerprint density at radius 3 is 2.94 bits per heavy atom. The number of carbonyl (C=O) groups excluding carboxylic acids is 1. The molecule has 0 aromatic rings. The first-order chi connectivity index (χ1) is 7.51. The van der Waals surface area contributed by atoms with Crippen LogP contribution in [0.1, 0.15) is 46.0 Å². The lowest BCUT2D eigenvalue weighted by Gasteiger charge is -2.38. The van der Waals surface area contributed by atoms with Gasteiger partial charge in [0.1, 0.15) is 17.3 Å². The van der Waals surface area contributed by atoms with E-state index in [4.69, 9.17) is 9.47 Å². The number of rotatable bonds is 0. The lowest BCUT2D eigenvalue weighted by Crippen LogP contribution is -2.48. The summed E-state index contributed by atoms with van der Waals surface area (Å²) in [5, 5.41) is 0. The molecule has 0 aromatic heterocycles. The summed E-state index contributed by atoms with van der Waals surface area (Å²) in [6.07, 6.45) is 5.33. The second kappa shape index (κ2) is 2.33. The van der Waals surface area contributed by atoms with E-state index in [0.29, 0.717) is 12.3 Å². The second-order valence-electron chi connectivity index (χ2n) is 6.65. The van der Waals surface area contributed by atoms with E-state index in [9.17, 15) is 4.79 Å². The SMILES string of the molecule is CC1(C)CCC[C@@]23C[C@H]4CC(=O)O[C@H]4[C@@]12O3. The summed E-state index contributed by atoms with van der Waals surface area (Å²) in [6.45, 7) is 4.56. The van der Waals surface area contributed by atoms with Gasteiger partial charge < -0.3 is 9.47 Å². The highest BCUT2D eigenvalue weighted by Gasteiger charge is 2.86. The number of hydrogen-bond donors (Lipinski definition) is 0. The number of esters is 1. The molecule has 88 valence electrons. The Morgan fingerprint density at radius 2 is 2.12 bits per heavy atom. The fourth-order valence-electron chi connectivity index (χ4n) is 4.90. The maximum Gasteiger partial charge on any atom is 0.306 e. The van der Waals surface area contributed by atoms with Gasteiger partial charge in [-0.3, -0.25) is 4.79 Å². The van der Waals surface area contributed by atoms with Gasteiger partial charge in [-0.05, 0) is 25.7 Å². The monoisotopic (exact) mass is 222 g/mol. The Balaban J connectivity index is 1.80. The smallest absolute Gasteiger partial charge is 0.306 e. The van der Waals surface area contributed by atoms with E-state index in [1.807, 2.05) is 0 Å². The summed E-state index contributed by atoms with van der Waals surface area (Å²) in [4.78, 5) is 11.4. The topological polar surface area (TPSA) is 38.8 Å². The van der Waals surface area contributed by atoms with Crippen LogP contribution >= 0.6 is 0 Å². The molecule has 16 heavy (non-hydrogen) atoms. The van der Waals surface area contributed by atoms with Gasteiger partial charge in [-0.2, -0.15) is 0 Å². The Hall–Kier alpha value is -0.570. The zero-order chi connectivity index (χ0) is 11.2. The summed E-state index contributed by atoms with van der Waals surface area (Å²) in [7, 11) is 0. The molecule has 2 aliphatic carbocycles. The highest BCUT2D eigenvalue weighted by atomic mass is 16.7. The van der Waals surface area contributed by atoms with Crippen molar-refractivity contribution >= 4 is 5.97 Å². The van der Waals surface area contributed by atoms with Crippen LogP contribution in [-0.4, -0.2) is 23.3 Å². The third-order valence-electron chi connectivity index (χ3n) is 5.49. The van der Waals surface area contributed by atoms with Gasteiger partial charge in [-0.15, -0.1) is 0 Å². The van der Waals surface area contributed by atoms with Crippen LogP contribution < -0.4 is 0 Å². The minimum atomic E-state index is -0.130. The normalized spacial score (nSPS) is 56.2. The number of carbonyl (C=O) groups is 1. The van der Waals surface area contributed by atoms with Crippen LogP contribution in [0.4, 0.5) is 0 Å². The van der Waals surface area contributed by atoms with Gasteiger partial charge in [0.05, 0.1) is 6.42 Å². The van der Waals surface area contributed by atoms with Crippen molar-refractivity contribution in [2.45, 2.75) is 63.3 Å². The molecule has 0 radical (unpaired) electrons. The molecule has 2 aliphatic heterocycles. The molecule has 4 fully saturated rings. The third kappa shape index (κ3) is 0.755. The fourth-order valence-corrected chi connectivity index (χ4v) is 4.90. The van der Waals surface area contributed by atoms with E-state index in [0.717, 1.165) is 6.42 Å². The van der Waals surface area contributed by atoms with Gasteiger partial charge in [-0.25, -0.2) is 0 Å². The molecule has 3 heteroatoms. The second-order valence-corrected chi connectivity index (χ2v) is 6.65. The molecular weight excluding hydrogens is 204 g/mol. The molecule has 0 aromatic carbocycles. The molecule has 4 atom stereocenters. The number of hydrogen-bond acceptors (Lipinski definition) is 3. The van der Waals surface area contributed by atoms with Crippen LogP contribution in [0, 0.1) is 11.3 Å². The molecule has 0 spiro atoms. The number of epoxide rings is 1. The molecule has 3 nitrogen and oxygen atoms in total. The number of fused-ring (bicyclic) bond motifs is 1. The Bertz CT molecular complexity index is 389. The maximum absolute atomic E-state index is 11.4. The van der Waals surface area contributed by atoms with Crippen molar-refractivity contribution in [2.75, 3.05) is 0 Å². The van der Waals surface area contributed by atoms with E-state index in [2.05, 4.69) is 13.8 Å². The van der Waals surface area contributed by atoms with Crippen molar-refractivity contribution in [2.24, 2.45) is 11.3 Å². The van der Waals surface area contributed by atoms with Gasteiger partial charge in [0.15, 0.2) is 0 Å². The quantitative estimate of drug-likeness (QED) is 0.465. The minimum Gasteiger partial charge on any atom is -0.459 e. The molecule has 2 heterocycles. The largest absolute Gasteiger partial charge is 0.459 e. The van der Waals surface area contributed by atoms with Crippen LogP contribution in [0.3, 0.4) is 0 Å². The standard InChI is InChI=1S/C13H18O3/c1-11(2)4-3-5-12-7-8-6-9(14)15-10(8)13(11,12)16-12/h8,10H,3-7H2,1-2H3/t8-,10-,12-,13-/m1/s1. The summed E-state index contributed by atoms with van der Waals surface area (Å²) in [5.74, 6) is 0.411. The number of ether oxygens (including phenoxy) is 2. The van der Waals surface area contributed by atoms with E-state index >= 15 is 0 Å². The van der Waals surface area contributed by atoms with Gasteiger partial charge in [0.25, 0.3) is 0 Å². The maximum atomic E-state index is 11.4. The van der Waals surface area contributed by atoms with Crippen molar-refractivity contribution in [3.05, 3.63) is 0 Å². The molecule has 2 saturated carbocycles. The van der Waals surface area contributed by atoms with Crippen LogP contribution in [0.25, 0.3) is 0 Å². The van der Waals surface area contributed by atoms with Gasteiger partial charge in [0, 0.05) is 11.3 Å². The summed E-state index contributed by atoms with van der Waals surface area (Å²) in [5.41, 5.74) is 0.106. The molecule has 4 aliphatic rings. The summed E-state index contributed by atoms with van der Waals surface area (Å²) in [6, 6.07) is 0. The van der Waals surface area contributed by atoms with Gasteiger partial charge in [-0.1, -0.05) is 13.8 Å². The predicted octanol–water partition coefficient (Wildman–Crippen LogP) is 2.04. The highest BCUT2D eigenvalue weighted by Crippen LogP contribution is 2.75. The van der Waals surface area contributed by atoms with Gasteiger partial charge in [0.2, 0.25) is 0 Å². The lowest BCUT2D eigenvalue weighted by molar-refractivity contribution is -0.146. The van der Waals surface area contributed by atoms with Crippen LogP contribution in [0.15, 0.2) is 0 Å². The Morgan fingerprint density at radius 1 is 1.31 bits per heavy atom. The average Bonchev–Trinajstić information content (AvgIpc) is 2.59. The van der Waals surface area contributed by atoms with Crippen molar-refractivity contribution in [3.8, 4) is 0 Å². The highest BCUT2D eigenvalue weighted by molar-refractivity contribution is 5.73. The lowest BCUT2D eigenvalue weighted by atomic mass is 9.64. The first-order valence-corrected chi connectivity index (χ1v) is 6.40. The van der Waals surface area contributed by atoms with E-state index in [-0.39, 0.29) is 28.7 Å². The first kappa shape index (κ1) is 9.46. The van der Waals surface area contributed by atoms with Crippen LogP contribution in [0.2, 0.25) is 0 Å². The fraction of sp³-hybridized carbons (Fsp3) is 0.923. The van der Waals surface area contributed by atoms with Gasteiger partial charge >= 0.3 is 5.97 Å². The van der Waals surface area contributed by atoms with Crippen molar-refractivity contribution in [1.29, 1.82) is 0 Å². The Labute approximate surface area is 95.5 Å². The zero-order valence-corrected chi connectivity index (χ0v) is 9.91. The van der Waals surface area contributed by atoms with Crippen molar-refractivity contribution in [3.63, 3.8) is 0 Å². The van der Waals surface area contributed by atoms with Crippen molar-refractivity contribution in [1.82, 2.24) is 0 Å². The molecule has 0 amide bonds. The van der Waals surface area contributed by atoms with Crippen LogP contribution in [-0.2, 0) is 14.3 Å². The molecule has 2 saturated heterocycles. The van der Waals surface area contributed by atoms with E-state index in [1.54, 1.807) is 0 Å². The molecular formula is C13H18O3. The summed E-state index contributed by atoms with van der Waals surface area (Å²) < 4.78 is 11.8. The predicted molar refractivity (Wildman–Crippen MR) is 56.8 cm³/mol. The first-order valence-electron chi connectivity index (χ1n) is 6.40. The van der Waals surface area contributed by atoms with Crippen LogP contribution in [0.5, 0.6) is 0 Å². The molecule has 0 bridgehead atoms. The summed E-state index contributed by atoms with van der Waals surface area (Å²) >= 11 is 0. The average molecular weight is 222 g/mol. The van der Waals surface area contributed by atoms with E-state index < -0.39 is 0 Å². The Kier molecular flexibility index (Phi) is 1.38. The third-order valence-corrected chi connectivity index (χ3v) is 5.49.